The van der Waals surface area contributed by atoms with Gasteiger partial charge in [0.1, 0.15) is 0 Å². The van der Waals surface area contributed by atoms with Gasteiger partial charge in [-0.15, -0.1) is 0 Å². The molecular formula is C22H25N3O2S. The number of fused-ring (bicyclic) bond motifs is 1. The van der Waals surface area contributed by atoms with Gasteiger partial charge in [-0.1, -0.05) is 36.0 Å². The van der Waals surface area contributed by atoms with E-state index in [4.69, 9.17) is 9.72 Å². The van der Waals surface area contributed by atoms with E-state index in [0.717, 1.165) is 66.1 Å². The average Bonchev–Trinajstić information content (AvgIpc) is 2.71. The predicted octanol–water partition coefficient (Wildman–Crippen LogP) is 3.43. The molecule has 0 aliphatic carbocycles. The van der Waals surface area contributed by atoms with Crippen LogP contribution in [0.5, 0.6) is 0 Å². The topological polar surface area (TPSA) is 47.4 Å². The fourth-order valence-corrected chi connectivity index (χ4v) is 4.48. The average molecular weight is 396 g/mol. The summed E-state index contributed by atoms with van der Waals surface area (Å²) in [6, 6.07) is 13.8. The second-order valence-electron chi connectivity index (χ2n) is 7.14. The van der Waals surface area contributed by atoms with Crippen molar-refractivity contribution >= 4 is 22.7 Å². The van der Waals surface area contributed by atoms with Crippen LogP contribution >= 0.6 is 11.8 Å². The lowest BCUT2D eigenvalue weighted by Crippen LogP contribution is -2.37. The van der Waals surface area contributed by atoms with Crippen LogP contribution in [-0.2, 0) is 4.74 Å². The van der Waals surface area contributed by atoms with Crippen LogP contribution in [0.1, 0.15) is 11.1 Å². The zero-order valence-corrected chi connectivity index (χ0v) is 17.2. The molecule has 0 radical (unpaired) electrons. The molecule has 1 aromatic heterocycles. The minimum atomic E-state index is -0.00632. The Morgan fingerprint density at radius 1 is 1.11 bits per heavy atom. The van der Waals surface area contributed by atoms with Crippen molar-refractivity contribution in [1.82, 2.24) is 14.5 Å². The first kappa shape index (κ1) is 19.2. The first-order valence-corrected chi connectivity index (χ1v) is 10.6. The van der Waals surface area contributed by atoms with E-state index < -0.39 is 0 Å². The number of aromatic nitrogens is 2. The zero-order valence-electron chi connectivity index (χ0n) is 16.4. The molecule has 2 aromatic carbocycles. The number of nitrogens with zero attached hydrogens (tertiary/aromatic N) is 3. The summed E-state index contributed by atoms with van der Waals surface area (Å²) in [6.45, 7) is 8.58. The van der Waals surface area contributed by atoms with Gasteiger partial charge in [0.2, 0.25) is 0 Å². The second-order valence-corrected chi connectivity index (χ2v) is 8.21. The molecule has 0 saturated carbocycles. The molecule has 5 nitrogen and oxygen atoms in total. The highest BCUT2D eigenvalue weighted by molar-refractivity contribution is 7.99. The van der Waals surface area contributed by atoms with Crippen LogP contribution in [0.2, 0.25) is 0 Å². The molecule has 0 unspecified atom stereocenters. The van der Waals surface area contributed by atoms with E-state index in [1.165, 1.54) is 0 Å². The number of ether oxygens (including phenoxy) is 1. The number of morpholine rings is 1. The monoisotopic (exact) mass is 395 g/mol. The van der Waals surface area contributed by atoms with Crippen LogP contribution < -0.4 is 5.56 Å². The van der Waals surface area contributed by atoms with Crippen molar-refractivity contribution in [3.8, 4) is 5.69 Å². The fourth-order valence-electron chi connectivity index (χ4n) is 3.47. The van der Waals surface area contributed by atoms with Gasteiger partial charge in [-0.3, -0.25) is 14.3 Å². The van der Waals surface area contributed by atoms with Gasteiger partial charge in [0, 0.05) is 25.4 Å². The minimum absolute atomic E-state index is 0.00632. The van der Waals surface area contributed by atoms with Gasteiger partial charge < -0.3 is 4.74 Å². The molecule has 0 N–H and O–H groups in total. The SMILES string of the molecule is Cc1ccc(C)c(-n2c(SCCN3CCOCC3)nc3ccccc3c2=O)c1. The lowest BCUT2D eigenvalue weighted by molar-refractivity contribution is 0.0410. The van der Waals surface area contributed by atoms with Crippen molar-refractivity contribution in [3.05, 3.63) is 63.9 Å². The summed E-state index contributed by atoms with van der Waals surface area (Å²) in [5.41, 5.74) is 3.86. The van der Waals surface area contributed by atoms with Crippen molar-refractivity contribution in [2.45, 2.75) is 19.0 Å². The number of aryl methyl sites for hydroxylation is 2. The molecule has 0 atom stereocenters. The quantitative estimate of drug-likeness (QED) is 0.489. The third-order valence-corrected chi connectivity index (χ3v) is 6.01. The molecule has 6 heteroatoms. The van der Waals surface area contributed by atoms with Crippen LogP contribution in [0.15, 0.2) is 52.4 Å². The molecule has 3 aromatic rings. The summed E-state index contributed by atoms with van der Waals surface area (Å²) < 4.78 is 7.21. The number of hydrogen-bond donors (Lipinski definition) is 0. The zero-order chi connectivity index (χ0) is 19.5. The molecule has 0 amide bonds. The molecule has 28 heavy (non-hydrogen) atoms. The highest BCUT2D eigenvalue weighted by Crippen LogP contribution is 2.24. The number of benzene rings is 2. The van der Waals surface area contributed by atoms with Crippen molar-refractivity contribution in [2.24, 2.45) is 0 Å². The Morgan fingerprint density at radius 3 is 2.71 bits per heavy atom. The number of thioether (sulfide) groups is 1. The number of rotatable bonds is 5. The van der Waals surface area contributed by atoms with Gasteiger partial charge >= 0.3 is 0 Å². The molecule has 1 saturated heterocycles. The molecule has 2 heterocycles. The van der Waals surface area contributed by atoms with E-state index in [0.29, 0.717) is 5.39 Å². The van der Waals surface area contributed by atoms with Crippen LogP contribution in [0.25, 0.3) is 16.6 Å². The Balaban J connectivity index is 1.73. The molecule has 4 rings (SSSR count). The highest BCUT2D eigenvalue weighted by Gasteiger charge is 2.16. The van der Waals surface area contributed by atoms with E-state index in [1.807, 2.05) is 38.1 Å². The Bertz CT molecular complexity index is 1040. The maximum Gasteiger partial charge on any atom is 0.266 e. The first-order valence-electron chi connectivity index (χ1n) is 9.66. The van der Waals surface area contributed by atoms with Gasteiger partial charge in [-0.2, -0.15) is 0 Å². The van der Waals surface area contributed by atoms with E-state index >= 15 is 0 Å². The lowest BCUT2D eigenvalue weighted by Gasteiger charge is -2.26. The standard InChI is InChI=1S/C22H25N3O2S/c1-16-7-8-17(2)20(15-16)25-21(26)18-5-3-4-6-19(18)23-22(25)28-14-11-24-9-12-27-13-10-24/h3-8,15H,9-14H2,1-2H3. The van der Waals surface area contributed by atoms with E-state index in [-0.39, 0.29) is 5.56 Å². The normalized spacial score (nSPS) is 15.2. The van der Waals surface area contributed by atoms with E-state index in [2.05, 4.69) is 23.1 Å². The molecule has 1 aliphatic rings. The first-order chi connectivity index (χ1) is 13.6. The van der Waals surface area contributed by atoms with Crippen molar-refractivity contribution in [2.75, 3.05) is 38.6 Å². The van der Waals surface area contributed by atoms with Crippen LogP contribution in [0.4, 0.5) is 0 Å². The third-order valence-electron chi connectivity index (χ3n) is 5.09. The third kappa shape index (κ3) is 3.99. The summed E-state index contributed by atoms with van der Waals surface area (Å²) >= 11 is 1.65. The molecular weight excluding hydrogens is 370 g/mol. The maximum atomic E-state index is 13.4. The summed E-state index contributed by atoms with van der Waals surface area (Å²) in [4.78, 5) is 20.6. The lowest BCUT2D eigenvalue weighted by atomic mass is 10.1. The Hall–Kier alpha value is -2.15. The number of hydrogen-bond acceptors (Lipinski definition) is 5. The number of para-hydroxylation sites is 1. The molecule has 146 valence electrons. The van der Waals surface area contributed by atoms with Crippen LogP contribution in [0.3, 0.4) is 0 Å². The van der Waals surface area contributed by atoms with Gasteiger partial charge in [0.25, 0.3) is 5.56 Å². The second kappa shape index (κ2) is 8.47. The van der Waals surface area contributed by atoms with E-state index in [9.17, 15) is 4.79 Å². The van der Waals surface area contributed by atoms with Crippen molar-refractivity contribution in [1.29, 1.82) is 0 Å². The smallest absolute Gasteiger partial charge is 0.266 e. The van der Waals surface area contributed by atoms with Crippen molar-refractivity contribution < 1.29 is 4.74 Å². The predicted molar refractivity (Wildman–Crippen MR) is 115 cm³/mol. The fraction of sp³-hybridized carbons (Fsp3) is 0.364. The van der Waals surface area contributed by atoms with Gasteiger partial charge in [0.05, 0.1) is 29.8 Å². The Labute approximate surface area is 169 Å². The minimum Gasteiger partial charge on any atom is -0.379 e. The van der Waals surface area contributed by atoms with Gasteiger partial charge in [0.15, 0.2) is 5.16 Å². The van der Waals surface area contributed by atoms with Gasteiger partial charge in [-0.25, -0.2) is 4.98 Å². The van der Waals surface area contributed by atoms with Crippen LogP contribution in [-0.4, -0.2) is 53.1 Å². The summed E-state index contributed by atoms with van der Waals surface area (Å²) in [7, 11) is 0. The van der Waals surface area contributed by atoms with Gasteiger partial charge in [-0.05, 0) is 43.2 Å². The van der Waals surface area contributed by atoms with E-state index in [1.54, 1.807) is 16.3 Å². The summed E-state index contributed by atoms with van der Waals surface area (Å²) in [6.07, 6.45) is 0. The largest absolute Gasteiger partial charge is 0.379 e. The summed E-state index contributed by atoms with van der Waals surface area (Å²) in [5, 5.41) is 1.41. The summed E-state index contributed by atoms with van der Waals surface area (Å²) in [5.74, 6) is 0.885. The highest BCUT2D eigenvalue weighted by atomic mass is 32.2. The Morgan fingerprint density at radius 2 is 1.89 bits per heavy atom. The molecule has 1 fully saturated rings. The maximum absolute atomic E-state index is 13.4. The molecule has 1 aliphatic heterocycles. The van der Waals surface area contributed by atoms with Crippen LogP contribution in [0, 0.1) is 13.8 Å². The Kier molecular flexibility index (Phi) is 5.80. The van der Waals surface area contributed by atoms with Crippen molar-refractivity contribution in [3.63, 3.8) is 0 Å². The molecule has 0 bridgehead atoms. The molecule has 0 spiro atoms.